The van der Waals surface area contributed by atoms with E-state index in [0.29, 0.717) is 0 Å². The molecule has 22 heavy (non-hydrogen) atoms. The van der Waals surface area contributed by atoms with Crippen LogP contribution in [0.4, 0.5) is 0 Å². The number of para-hydroxylation sites is 1. The molecule has 0 spiro atoms. The van der Waals surface area contributed by atoms with E-state index in [-0.39, 0.29) is 5.56 Å². The van der Waals surface area contributed by atoms with Gasteiger partial charge in [0.1, 0.15) is 0 Å². The van der Waals surface area contributed by atoms with E-state index in [0.717, 1.165) is 33.2 Å². The lowest BCUT2D eigenvalue weighted by atomic mass is 10.1. The van der Waals surface area contributed by atoms with Crippen LogP contribution < -0.4 is 5.56 Å². The lowest BCUT2D eigenvalue weighted by molar-refractivity contribution is 0.947. The van der Waals surface area contributed by atoms with Gasteiger partial charge >= 0.3 is 0 Å². The van der Waals surface area contributed by atoms with Crippen LogP contribution in [0.3, 0.4) is 0 Å². The number of aryl methyl sites for hydroxylation is 2. The Kier molecular flexibility index (Phi) is 2.70. The highest BCUT2D eigenvalue weighted by Gasteiger charge is 2.12. The number of nitrogens with zero attached hydrogens (tertiary/aromatic N) is 1. The van der Waals surface area contributed by atoms with E-state index in [1.165, 1.54) is 5.56 Å². The van der Waals surface area contributed by atoms with Gasteiger partial charge in [0.25, 0.3) is 5.56 Å². The second kappa shape index (κ2) is 4.60. The first-order chi connectivity index (χ1) is 10.6. The van der Waals surface area contributed by atoms with Gasteiger partial charge in [-0.05, 0) is 32.0 Å². The van der Waals surface area contributed by atoms with E-state index < -0.39 is 0 Å². The minimum atomic E-state index is -0.00129. The van der Waals surface area contributed by atoms with Crippen molar-refractivity contribution in [2.45, 2.75) is 13.8 Å². The summed E-state index contributed by atoms with van der Waals surface area (Å²) in [6.45, 7) is 4.03. The number of rotatable bonds is 1. The van der Waals surface area contributed by atoms with Gasteiger partial charge in [-0.1, -0.05) is 35.9 Å². The predicted octanol–water partition coefficient (Wildman–Crippen LogP) is 4.09. The molecule has 0 aliphatic heterocycles. The van der Waals surface area contributed by atoms with E-state index in [4.69, 9.17) is 0 Å². The number of nitrogens with one attached hydrogen (secondary N) is 1. The zero-order chi connectivity index (χ0) is 15.3. The number of H-pyrrole nitrogens is 1. The van der Waals surface area contributed by atoms with Crippen LogP contribution in [0.5, 0.6) is 0 Å². The van der Waals surface area contributed by atoms with Crippen molar-refractivity contribution in [3.05, 3.63) is 76.2 Å². The average Bonchev–Trinajstić information content (AvgIpc) is 2.88. The largest absolute Gasteiger partial charge is 0.353 e. The Hall–Kier alpha value is -2.81. The van der Waals surface area contributed by atoms with Gasteiger partial charge in [-0.2, -0.15) is 0 Å². The molecular formula is C19H16N2O. The van der Waals surface area contributed by atoms with E-state index in [9.17, 15) is 4.79 Å². The van der Waals surface area contributed by atoms with Crippen LogP contribution in [0.2, 0.25) is 0 Å². The number of benzene rings is 2. The molecule has 0 fully saturated rings. The summed E-state index contributed by atoms with van der Waals surface area (Å²) in [5, 5.41) is 2.08. The van der Waals surface area contributed by atoms with Crippen LogP contribution in [-0.4, -0.2) is 9.55 Å². The standard InChI is InChI=1S/C19H16N2O/c1-12-7-9-14(10-8-12)21-13(2)19-16(11-18(21)22)15-5-3-4-6-17(15)20-19/h3-11,20H,1-2H3. The second-order valence-corrected chi connectivity index (χ2v) is 5.70. The molecule has 3 nitrogen and oxygen atoms in total. The second-order valence-electron chi connectivity index (χ2n) is 5.70. The molecule has 0 saturated heterocycles. The fraction of sp³-hybridized carbons (Fsp3) is 0.105. The first-order valence-corrected chi connectivity index (χ1v) is 7.35. The molecule has 0 aliphatic rings. The summed E-state index contributed by atoms with van der Waals surface area (Å²) in [5.74, 6) is 0. The van der Waals surface area contributed by atoms with Crippen molar-refractivity contribution in [2.75, 3.05) is 0 Å². The summed E-state index contributed by atoms with van der Waals surface area (Å²) in [6.07, 6.45) is 0. The predicted molar refractivity (Wildman–Crippen MR) is 90.9 cm³/mol. The maximum Gasteiger partial charge on any atom is 0.256 e. The van der Waals surface area contributed by atoms with Gasteiger partial charge in [-0.25, -0.2) is 0 Å². The Morgan fingerprint density at radius 3 is 2.41 bits per heavy atom. The highest BCUT2D eigenvalue weighted by molar-refractivity contribution is 6.07. The lowest BCUT2D eigenvalue weighted by Gasteiger charge is -2.11. The molecule has 0 amide bonds. The topological polar surface area (TPSA) is 37.8 Å². The van der Waals surface area contributed by atoms with Crippen LogP contribution in [0.15, 0.2) is 59.4 Å². The summed E-state index contributed by atoms with van der Waals surface area (Å²) >= 11 is 0. The summed E-state index contributed by atoms with van der Waals surface area (Å²) in [4.78, 5) is 16.1. The van der Waals surface area contributed by atoms with E-state index in [2.05, 4.69) is 4.98 Å². The van der Waals surface area contributed by atoms with Crippen molar-refractivity contribution in [1.29, 1.82) is 0 Å². The number of hydrogen-bond acceptors (Lipinski definition) is 1. The highest BCUT2D eigenvalue weighted by Crippen LogP contribution is 2.26. The molecule has 0 unspecified atom stereocenters. The minimum absolute atomic E-state index is 0.00129. The summed E-state index contributed by atoms with van der Waals surface area (Å²) < 4.78 is 1.76. The first-order valence-electron chi connectivity index (χ1n) is 7.35. The molecule has 0 bridgehead atoms. The fourth-order valence-corrected chi connectivity index (χ4v) is 3.08. The molecule has 2 aromatic carbocycles. The first kappa shape index (κ1) is 12.9. The molecule has 108 valence electrons. The normalized spacial score (nSPS) is 11.4. The van der Waals surface area contributed by atoms with E-state index >= 15 is 0 Å². The Morgan fingerprint density at radius 2 is 1.64 bits per heavy atom. The van der Waals surface area contributed by atoms with Gasteiger partial charge < -0.3 is 4.98 Å². The van der Waals surface area contributed by atoms with Crippen molar-refractivity contribution in [1.82, 2.24) is 9.55 Å². The monoisotopic (exact) mass is 288 g/mol. The van der Waals surface area contributed by atoms with Crippen molar-refractivity contribution in [3.63, 3.8) is 0 Å². The molecule has 2 aromatic heterocycles. The van der Waals surface area contributed by atoms with Crippen LogP contribution in [0.25, 0.3) is 27.5 Å². The number of pyridine rings is 1. The molecule has 4 aromatic rings. The van der Waals surface area contributed by atoms with Crippen molar-refractivity contribution in [3.8, 4) is 5.69 Å². The molecule has 0 saturated carbocycles. The average molecular weight is 288 g/mol. The minimum Gasteiger partial charge on any atom is -0.353 e. The fourth-order valence-electron chi connectivity index (χ4n) is 3.08. The molecule has 0 radical (unpaired) electrons. The van der Waals surface area contributed by atoms with Crippen LogP contribution in [-0.2, 0) is 0 Å². The smallest absolute Gasteiger partial charge is 0.256 e. The number of fused-ring (bicyclic) bond motifs is 3. The molecule has 2 heterocycles. The number of aromatic nitrogens is 2. The van der Waals surface area contributed by atoms with Gasteiger partial charge in [0, 0.05) is 33.7 Å². The van der Waals surface area contributed by atoms with Crippen molar-refractivity contribution >= 4 is 21.8 Å². The molecule has 0 atom stereocenters. The van der Waals surface area contributed by atoms with E-state index in [1.807, 2.05) is 62.4 Å². The van der Waals surface area contributed by atoms with Crippen LogP contribution >= 0.6 is 0 Å². The van der Waals surface area contributed by atoms with Gasteiger partial charge in [0.2, 0.25) is 0 Å². The molecular weight excluding hydrogens is 272 g/mol. The third-order valence-corrected chi connectivity index (χ3v) is 4.22. The zero-order valence-corrected chi connectivity index (χ0v) is 12.6. The van der Waals surface area contributed by atoms with E-state index in [1.54, 1.807) is 10.6 Å². The number of aromatic amines is 1. The van der Waals surface area contributed by atoms with Gasteiger partial charge in [0.15, 0.2) is 0 Å². The molecule has 1 N–H and O–H groups in total. The van der Waals surface area contributed by atoms with Crippen molar-refractivity contribution in [2.24, 2.45) is 0 Å². The summed E-state index contributed by atoms with van der Waals surface area (Å²) in [7, 11) is 0. The Morgan fingerprint density at radius 1 is 0.909 bits per heavy atom. The van der Waals surface area contributed by atoms with Crippen molar-refractivity contribution < 1.29 is 0 Å². The summed E-state index contributed by atoms with van der Waals surface area (Å²) in [5.41, 5.74) is 5.08. The Balaban J connectivity index is 2.10. The number of hydrogen-bond donors (Lipinski definition) is 1. The van der Waals surface area contributed by atoms with Crippen LogP contribution in [0, 0.1) is 13.8 Å². The highest BCUT2D eigenvalue weighted by atomic mass is 16.1. The van der Waals surface area contributed by atoms with Crippen LogP contribution in [0.1, 0.15) is 11.3 Å². The zero-order valence-electron chi connectivity index (χ0n) is 12.6. The lowest BCUT2D eigenvalue weighted by Crippen LogP contribution is -2.19. The molecule has 0 aliphatic carbocycles. The maximum absolute atomic E-state index is 12.6. The molecule has 4 rings (SSSR count). The SMILES string of the molecule is Cc1ccc(-n2c(C)c3[nH]c4ccccc4c3cc2=O)cc1. The third kappa shape index (κ3) is 1.79. The third-order valence-electron chi connectivity index (χ3n) is 4.22. The Labute approximate surface area is 127 Å². The van der Waals surface area contributed by atoms with Gasteiger partial charge in [0.05, 0.1) is 5.52 Å². The summed E-state index contributed by atoms with van der Waals surface area (Å²) in [6, 6.07) is 17.8. The van der Waals surface area contributed by atoms with Gasteiger partial charge in [-0.15, -0.1) is 0 Å². The quantitative estimate of drug-likeness (QED) is 0.563. The Bertz CT molecular complexity index is 1050. The molecule has 3 heteroatoms. The van der Waals surface area contributed by atoms with Gasteiger partial charge in [-0.3, -0.25) is 9.36 Å². The maximum atomic E-state index is 12.6.